The van der Waals surface area contributed by atoms with Crippen LogP contribution in [-0.2, 0) is 12.1 Å². The van der Waals surface area contributed by atoms with Gasteiger partial charge in [-0.2, -0.15) is 0 Å². The molecule has 0 unspecified atom stereocenters. The van der Waals surface area contributed by atoms with E-state index < -0.39 is 0 Å². The molecule has 0 aliphatic carbocycles. The summed E-state index contributed by atoms with van der Waals surface area (Å²) in [6.07, 6.45) is 0. The fraction of sp³-hybridized carbons (Fsp3) is 0.273. The van der Waals surface area contributed by atoms with Crippen molar-refractivity contribution in [2.75, 3.05) is 0 Å². The van der Waals surface area contributed by atoms with Crippen molar-refractivity contribution >= 4 is 10.8 Å². The second kappa shape index (κ2) is 6.76. The Balaban J connectivity index is 1.77. The third kappa shape index (κ3) is 3.66. The van der Waals surface area contributed by atoms with Crippen molar-refractivity contribution in [3.05, 3.63) is 83.4 Å². The molecule has 0 bridgehead atoms. The molecule has 124 valence electrons. The van der Waals surface area contributed by atoms with Crippen LogP contribution in [0, 0.1) is 0 Å². The van der Waals surface area contributed by atoms with Crippen molar-refractivity contribution in [3.63, 3.8) is 0 Å². The maximum absolute atomic E-state index is 6.21. The highest BCUT2D eigenvalue weighted by Gasteiger charge is 2.14. The van der Waals surface area contributed by atoms with Gasteiger partial charge in [0.05, 0.1) is 0 Å². The number of rotatable bonds is 5. The first-order valence-electron chi connectivity index (χ1n) is 8.54. The Hall–Kier alpha value is -2.16. The highest BCUT2D eigenvalue weighted by Crippen LogP contribution is 2.24. The monoisotopic (exact) mass is 318 g/mol. The van der Waals surface area contributed by atoms with Crippen molar-refractivity contribution in [1.82, 2.24) is 5.32 Å². The summed E-state index contributed by atoms with van der Waals surface area (Å²) >= 11 is 0. The Morgan fingerprint density at radius 3 is 2.46 bits per heavy atom. The average molecular weight is 318 g/mol. The van der Waals surface area contributed by atoms with Gasteiger partial charge in [-0.1, -0.05) is 66.7 Å². The minimum atomic E-state index is -0.308. The van der Waals surface area contributed by atoms with Crippen molar-refractivity contribution in [2.24, 2.45) is 5.73 Å². The van der Waals surface area contributed by atoms with Crippen LogP contribution in [0.5, 0.6) is 0 Å². The molecular weight excluding hydrogens is 292 g/mol. The van der Waals surface area contributed by atoms with Crippen LogP contribution in [0.25, 0.3) is 10.8 Å². The van der Waals surface area contributed by atoms with Crippen LogP contribution in [0.1, 0.15) is 43.5 Å². The number of nitrogens with two attached hydrogens (primary N) is 1. The van der Waals surface area contributed by atoms with E-state index in [4.69, 9.17) is 5.73 Å². The lowest BCUT2D eigenvalue weighted by Gasteiger charge is -2.21. The van der Waals surface area contributed by atoms with Gasteiger partial charge < -0.3 is 11.1 Å². The van der Waals surface area contributed by atoms with Crippen molar-refractivity contribution in [3.8, 4) is 0 Å². The summed E-state index contributed by atoms with van der Waals surface area (Å²) in [4.78, 5) is 0. The van der Waals surface area contributed by atoms with E-state index in [0.717, 1.165) is 6.54 Å². The molecule has 2 nitrogen and oxygen atoms in total. The number of fused-ring (bicyclic) bond motifs is 1. The Labute approximate surface area is 144 Å². The predicted octanol–water partition coefficient (Wildman–Crippen LogP) is 4.88. The molecule has 0 saturated heterocycles. The van der Waals surface area contributed by atoms with Gasteiger partial charge in [-0.15, -0.1) is 0 Å². The van der Waals surface area contributed by atoms with E-state index in [9.17, 15) is 0 Å². The third-order valence-corrected chi connectivity index (χ3v) is 4.57. The van der Waals surface area contributed by atoms with Gasteiger partial charge in [0.25, 0.3) is 0 Å². The molecule has 3 N–H and O–H groups in total. The molecule has 3 aromatic rings. The van der Waals surface area contributed by atoms with E-state index >= 15 is 0 Å². The molecule has 24 heavy (non-hydrogen) atoms. The van der Waals surface area contributed by atoms with Gasteiger partial charge in [-0.25, -0.2) is 0 Å². The van der Waals surface area contributed by atoms with Gasteiger partial charge >= 0.3 is 0 Å². The zero-order valence-corrected chi connectivity index (χ0v) is 14.7. The summed E-state index contributed by atoms with van der Waals surface area (Å²) in [5, 5.41) is 6.25. The van der Waals surface area contributed by atoms with Gasteiger partial charge in [0.1, 0.15) is 0 Å². The fourth-order valence-corrected chi connectivity index (χ4v) is 3.09. The smallest absolute Gasteiger partial charge is 0.0352 e. The summed E-state index contributed by atoms with van der Waals surface area (Å²) in [6, 6.07) is 23.9. The van der Waals surface area contributed by atoms with Crippen LogP contribution < -0.4 is 11.1 Å². The van der Waals surface area contributed by atoms with Crippen molar-refractivity contribution < 1.29 is 0 Å². The van der Waals surface area contributed by atoms with E-state index in [-0.39, 0.29) is 11.6 Å². The Morgan fingerprint density at radius 2 is 1.67 bits per heavy atom. The molecule has 1 atom stereocenters. The first kappa shape index (κ1) is 16.7. The van der Waals surface area contributed by atoms with Gasteiger partial charge in [0.2, 0.25) is 0 Å². The standard InChI is InChI=1S/C22H26N2/c1-16(20-13-7-10-18-9-4-5-12-21(18)20)24-15-17-8-6-11-19(14-17)22(2,3)23/h4-14,16,24H,15,23H2,1-3H3/t16-/m1/s1. The zero-order valence-electron chi connectivity index (χ0n) is 14.7. The van der Waals surface area contributed by atoms with E-state index in [1.165, 1.54) is 27.5 Å². The minimum Gasteiger partial charge on any atom is -0.322 e. The topological polar surface area (TPSA) is 38.0 Å². The maximum atomic E-state index is 6.21. The van der Waals surface area contributed by atoms with E-state index in [0.29, 0.717) is 0 Å². The Morgan fingerprint density at radius 1 is 0.958 bits per heavy atom. The maximum Gasteiger partial charge on any atom is 0.0352 e. The number of benzene rings is 3. The van der Waals surface area contributed by atoms with Gasteiger partial charge in [0, 0.05) is 18.1 Å². The summed E-state index contributed by atoms with van der Waals surface area (Å²) in [7, 11) is 0. The summed E-state index contributed by atoms with van der Waals surface area (Å²) < 4.78 is 0. The van der Waals surface area contributed by atoms with Crippen LogP contribution in [-0.4, -0.2) is 0 Å². The molecule has 0 spiro atoms. The first-order valence-corrected chi connectivity index (χ1v) is 8.54. The van der Waals surface area contributed by atoms with E-state index in [1.807, 2.05) is 13.8 Å². The minimum absolute atomic E-state index is 0.283. The van der Waals surface area contributed by atoms with Crippen molar-refractivity contribution in [1.29, 1.82) is 0 Å². The molecule has 0 heterocycles. The van der Waals surface area contributed by atoms with E-state index in [2.05, 4.69) is 79.0 Å². The normalized spacial score (nSPS) is 13.2. The van der Waals surface area contributed by atoms with Crippen molar-refractivity contribution in [2.45, 2.75) is 38.9 Å². The SMILES string of the molecule is C[C@@H](NCc1cccc(C(C)(C)N)c1)c1cccc2ccccc12. The molecule has 0 radical (unpaired) electrons. The third-order valence-electron chi connectivity index (χ3n) is 4.57. The molecular formula is C22H26N2. The number of hydrogen-bond acceptors (Lipinski definition) is 2. The fourth-order valence-electron chi connectivity index (χ4n) is 3.09. The summed E-state index contributed by atoms with van der Waals surface area (Å²) in [5.41, 5.74) is 9.67. The average Bonchev–Trinajstić information content (AvgIpc) is 2.58. The van der Waals surface area contributed by atoms with Crippen LogP contribution in [0.3, 0.4) is 0 Å². The lowest BCUT2D eigenvalue weighted by Crippen LogP contribution is -2.28. The Bertz CT molecular complexity index is 825. The van der Waals surface area contributed by atoms with Crippen LogP contribution in [0.4, 0.5) is 0 Å². The largest absolute Gasteiger partial charge is 0.322 e. The summed E-state index contributed by atoms with van der Waals surface area (Å²) in [5.74, 6) is 0. The predicted molar refractivity (Wildman–Crippen MR) is 103 cm³/mol. The van der Waals surface area contributed by atoms with Gasteiger partial charge in [-0.3, -0.25) is 0 Å². The molecule has 0 aliphatic rings. The molecule has 3 rings (SSSR count). The Kier molecular flexibility index (Phi) is 4.70. The highest BCUT2D eigenvalue weighted by atomic mass is 14.9. The second-order valence-corrected chi connectivity index (χ2v) is 7.09. The quantitative estimate of drug-likeness (QED) is 0.703. The molecule has 0 fully saturated rings. The zero-order chi connectivity index (χ0) is 17.2. The van der Waals surface area contributed by atoms with E-state index in [1.54, 1.807) is 0 Å². The van der Waals surface area contributed by atoms with Gasteiger partial charge in [0.15, 0.2) is 0 Å². The van der Waals surface area contributed by atoms with Gasteiger partial charge in [-0.05, 0) is 48.2 Å². The molecule has 0 aromatic heterocycles. The van der Waals surface area contributed by atoms with Crippen LogP contribution >= 0.6 is 0 Å². The molecule has 3 aromatic carbocycles. The lowest BCUT2D eigenvalue weighted by atomic mass is 9.94. The molecule has 2 heteroatoms. The highest BCUT2D eigenvalue weighted by molar-refractivity contribution is 5.86. The van der Waals surface area contributed by atoms with Crippen LogP contribution in [0.15, 0.2) is 66.7 Å². The first-order chi connectivity index (χ1) is 11.4. The number of hydrogen-bond donors (Lipinski definition) is 2. The molecule has 0 aliphatic heterocycles. The van der Waals surface area contributed by atoms with Crippen LogP contribution in [0.2, 0.25) is 0 Å². The lowest BCUT2D eigenvalue weighted by molar-refractivity contribution is 0.549. The number of nitrogens with one attached hydrogen (secondary N) is 1. The second-order valence-electron chi connectivity index (χ2n) is 7.09. The molecule has 0 amide bonds. The summed E-state index contributed by atoms with van der Waals surface area (Å²) in [6.45, 7) is 7.13. The molecule has 0 saturated carbocycles.